The lowest BCUT2D eigenvalue weighted by Crippen LogP contribution is -2.21. The second-order valence-corrected chi connectivity index (χ2v) is 6.48. The van der Waals surface area contributed by atoms with E-state index in [4.69, 9.17) is 12.2 Å². The molecular weight excluding hydrogens is 226 g/mol. The molecular formula is C10H17N3S2. The van der Waals surface area contributed by atoms with Gasteiger partial charge in [-0.15, -0.1) is 11.8 Å². The minimum Gasteiger partial charge on any atom is -0.300 e. The molecule has 1 unspecified atom stereocenters. The molecule has 0 aliphatic carbocycles. The number of hydrogen-bond acceptors (Lipinski definition) is 3. The van der Waals surface area contributed by atoms with Gasteiger partial charge < -0.3 is 4.57 Å². The number of nitrogens with one attached hydrogen (secondary N) is 1. The fourth-order valence-corrected chi connectivity index (χ4v) is 3.76. The molecule has 1 N–H and O–H groups in total. The molecule has 0 radical (unpaired) electrons. The van der Waals surface area contributed by atoms with E-state index in [2.05, 4.69) is 35.5 Å². The van der Waals surface area contributed by atoms with Gasteiger partial charge in [-0.3, -0.25) is 5.10 Å². The molecule has 0 amide bonds. The van der Waals surface area contributed by atoms with Gasteiger partial charge in [0.05, 0.1) is 4.75 Å². The van der Waals surface area contributed by atoms with Gasteiger partial charge in [0.1, 0.15) is 5.82 Å². The van der Waals surface area contributed by atoms with Gasteiger partial charge in [0.2, 0.25) is 0 Å². The Hall–Kier alpha value is -0.290. The third kappa shape index (κ3) is 1.87. The molecule has 2 heterocycles. The SMILES string of the molecule is CC(C)n1c(C2(C)CCCS2)n[nH]c1=S. The topological polar surface area (TPSA) is 33.6 Å². The van der Waals surface area contributed by atoms with Crippen LogP contribution in [0.25, 0.3) is 0 Å². The number of thioether (sulfide) groups is 1. The molecule has 1 saturated heterocycles. The van der Waals surface area contributed by atoms with Crippen molar-refractivity contribution < 1.29 is 0 Å². The van der Waals surface area contributed by atoms with E-state index in [-0.39, 0.29) is 4.75 Å². The fourth-order valence-electron chi connectivity index (χ4n) is 2.11. The smallest absolute Gasteiger partial charge is 0.195 e. The van der Waals surface area contributed by atoms with Gasteiger partial charge in [-0.2, -0.15) is 5.10 Å². The normalized spacial score (nSPS) is 26.4. The number of aromatic nitrogens is 3. The van der Waals surface area contributed by atoms with Gasteiger partial charge in [0.25, 0.3) is 0 Å². The van der Waals surface area contributed by atoms with Crippen molar-refractivity contribution in [1.82, 2.24) is 14.8 Å². The highest BCUT2D eigenvalue weighted by Gasteiger charge is 2.36. The summed E-state index contributed by atoms with van der Waals surface area (Å²) in [6.07, 6.45) is 2.48. The Morgan fingerprint density at radius 2 is 2.33 bits per heavy atom. The molecule has 0 spiro atoms. The van der Waals surface area contributed by atoms with Crippen LogP contribution in [0.5, 0.6) is 0 Å². The molecule has 1 fully saturated rings. The zero-order valence-corrected chi connectivity index (χ0v) is 11.0. The standard InChI is InChI=1S/C10H17N3S2/c1-7(2)13-8(11-12-9(13)14)10(3)5-4-6-15-10/h7H,4-6H2,1-3H3,(H,12,14). The van der Waals surface area contributed by atoms with E-state index in [1.165, 1.54) is 18.6 Å². The molecule has 0 bridgehead atoms. The number of rotatable bonds is 2. The summed E-state index contributed by atoms with van der Waals surface area (Å²) in [5.74, 6) is 2.35. The minimum atomic E-state index is 0.151. The summed E-state index contributed by atoms with van der Waals surface area (Å²) in [5.41, 5.74) is 0. The van der Waals surface area contributed by atoms with Crippen molar-refractivity contribution in [2.45, 2.75) is 44.4 Å². The number of hydrogen-bond donors (Lipinski definition) is 1. The number of nitrogens with zero attached hydrogens (tertiary/aromatic N) is 2. The van der Waals surface area contributed by atoms with Gasteiger partial charge in [-0.05, 0) is 51.6 Å². The fraction of sp³-hybridized carbons (Fsp3) is 0.800. The highest BCUT2D eigenvalue weighted by Crippen LogP contribution is 2.45. The van der Waals surface area contributed by atoms with Crippen LogP contribution >= 0.6 is 24.0 Å². The van der Waals surface area contributed by atoms with Crippen molar-refractivity contribution in [2.75, 3.05) is 5.75 Å². The third-order valence-corrected chi connectivity index (χ3v) is 4.72. The van der Waals surface area contributed by atoms with Crippen molar-refractivity contribution in [3.63, 3.8) is 0 Å². The predicted molar refractivity (Wildman–Crippen MR) is 66.8 cm³/mol. The summed E-state index contributed by atoms with van der Waals surface area (Å²) in [7, 11) is 0. The summed E-state index contributed by atoms with van der Waals surface area (Å²) in [6.45, 7) is 6.57. The molecule has 1 aromatic heterocycles. The average Bonchev–Trinajstić information content (AvgIpc) is 2.72. The number of H-pyrrole nitrogens is 1. The van der Waals surface area contributed by atoms with E-state index in [0.29, 0.717) is 6.04 Å². The maximum absolute atomic E-state index is 5.27. The molecule has 1 aromatic rings. The van der Waals surface area contributed by atoms with Crippen molar-refractivity contribution in [1.29, 1.82) is 0 Å². The summed E-state index contributed by atoms with van der Waals surface area (Å²) in [5, 5.41) is 7.34. The lowest BCUT2D eigenvalue weighted by molar-refractivity contribution is 0.503. The highest BCUT2D eigenvalue weighted by molar-refractivity contribution is 8.00. The summed E-state index contributed by atoms with van der Waals surface area (Å²) in [6, 6.07) is 0.379. The molecule has 0 saturated carbocycles. The second kappa shape index (κ2) is 3.94. The van der Waals surface area contributed by atoms with Crippen LogP contribution in [0.3, 0.4) is 0 Å². The van der Waals surface area contributed by atoms with Crippen LogP contribution in [0, 0.1) is 4.77 Å². The Balaban J connectivity index is 2.48. The zero-order chi connectivity index (χ0) is 11.1. The van der Waals surface area contributed by atoms with Crippen LogP contribution in [-0.2, 0) is 4.75 Å². The first-order valence-corrected chi connectivity index (χ1v) is 6.75. The monoisotopic (exact) mass is 243 g/mol. The average molecular weight is 243 g/mol. The zero-order valence-electron chi connectivity index (χ0n) is 9.41. The van der Waals surface area contributed by atoms with E-state index in [0.717, 1.165) is 10.6 Å². The van der Waals surface area contributed by atoms with Crippen molar-refractivity contribution in [3.8, 4) is 0 Å². The van der Waals surface area contributed by atoms with Gasteiger partial charge in [0, 0.05) is 6.04 Å². The first kappa shape index (κ1) is 11.2. The van der Waals surface area contributed by atoms with Crippen LogP contribution < -0.4 is 0 Å². The van der Waals surface area contributed by atoms with Crippen molar-refractivity contribution in [2.24, 2.45) is 0 Å². The Bertz CT molecular complexity index is 399. The Morgan fingerprint density at radius 3 is 2.87 bits per heavy atom. The maximum Gasteiger partial charge on any atom is 0.195 e. The van der Waals surface area contributed by atoms with E-state index >= 15 is 0 Å². The number of aromatic amines is 1. The predicted octanol–water partition coefficient (Wildman–Crippen LogP) is 3.26. The first-order chi connectivity index (χ1) is 7.04. The summed E-state index contributed by atoms with van der Waals surface area (Å²) in [4.78, 5) is 0. The Labute approximate surface area is 99.7 Å². The quantitative estimate of drug-likeness (QED) is 0.809. The van der Waals surface area contributed by atoms with Crippen LogP contribution in [0.4, 0.5) is 0 Å². The van der Waals surface area contributed by atoms with E-state index in [1.807, 2.05) is 11.8 Å². The molecule has 1 aliphatic rings. The highest BCUT2D eigenvalue weighted by atomic mass is 32.2. The van der Waals surface area contributed by atoms with Crippen LogP contribution in [0.15, 0.2) is 0 Å². The first-order valence-electron chi connectivity index (χ1n) is 5.36. The van der Waals surface area contributed by atoms with E-state index in [9.17, 15) is 0 Å². The van der Waals surface area contributed by atoms with Crippen molar-refractivity contribution >= 4 is 24.0 Å². The van der Waals surface area contributed by atoms with Gasteiger partial charge in [0.15, 0.2) is 4.77 Å². The van der Waals surface area contributed by atoms with Gasteiger partial charge in [-0.25, -0.2) is 0 Å². The maximum atomic E-state index is 5.27. The molecule has 3 nitrogen and oxygen atoms in total. The largest absolute Gasteiger partial charge is 0.300 e. The molecule has 5 heteroatoms. The Kier molecular flexibility index (Phi) is 2.94. The lowest BCUT2D eigenvalue weighted by Gasteiger charge is -2.23. The molecule has 2 rings (SSSR count). The molecule has 1 atom stereocenters. The Morgan fingerprint density at radius 1 is 1.60 bits per heavy atom. The van der Waals surface area contributed by atoms with E-state index < -0.39 is 0 Å². The minimum absolute atomic E-state index is 0.151. The molecule has 1 aliphatic heterocycles. The van der Waals surface area contributed by atoms with E-state index in [1.54, 1.807) is 0 Å². The van der Waals surface area contributed by atoms with Crippen LogP contribution in [0.2, 0.25) is 0 Å². The second-order valence-electron chi connectivity index (χ2n) is 4.50. The van der Waals surface area contributed by atoms with Crippen molar-refractivity contribution in [3.05, 3.63) is 10.6 Å². The molecule has 15 heavy (non-hydrogen) atoms. The van der Waals surface area contributed by atoms with Gasteiger partial charge in [-0.1, -0.05) is 0 Å². The van der Waals surface area contributed by atoms with Gasteiger partial charge >= 0.3 is 0 Å². The molecule has 84 valence electrons. The molecule has 0 aromatic carbocycles. The lowest BCUT2D eigenvalue weighted by atomic mass is 10.0. The third-order valence-electron chi connectivity index (χ3n) is 2.91. The van der Waals surface area contributed by atoms with Crippen LogP contribution in [0.1, 0.15) is 45.5 Å². The summed E-state index contributed by atoms with van der Waals surface area (Å²) < 4.78 is 3.04. The summed E-state index contributed by atoms with van der Waals surface area (Å²) >= 11 is 7.26. The van der Waals surface area contributed by atoms with Crippen LogP contribution in [-0.4, -0.2) is 20.5 Å².